The molecule has 1 aromatic rings. The van der Waals surface area contributed by atoms with Gasteiger partial charge < -0.3 is 15.5 Å². The number of nitrogens with zero attached hydrogens (tertiary/aromatic N) is 4. The van der Waals surface area contributed by atoms with Gasteiger partial charge in [-0.2, -0.15) is 5.10 Å². The first-order chi connectivity index (χ1) is 9.58. The molecule has 0 aromatic carbocycles. The van der Waals surface area contributed by atoms with Crippen molar-refractivity contribution in [1.82, 2.24) is 14.7 Å². The molecule has 0 aliphatic carbocycles. The smallest absolute Gasteiger partial charge is 0.287 e. The van der Waals surface area contributed by atoms with Gasteiger partial charge in [0.25, 0.3) is 5.56 Å². The topological polar surface area (TPSA) is 67.4 Å². The maximum Gasteiger partial charge on any atom is 0.287 e. The van der Waals surface area contributed by atoms with Crippen LogP contribution in [-0.4, -0.2) is 53.9 Å². The number of piperazine rings is 1. The molecule has 1 aromatic heterocycles. The monoisotopic (exact) mass is 299 g/mol. The summed E-state index contributed by atoms with van der Waals surface area (Å²) in [5, 5.41) is 4.46. The first kappa shape index (κ1) is 15.3. The Hall–Kier alpha value is -1.11. The zero-order chi connectivity index (χ0) is 14.7. The minimum Gasteiger partial charge on any atom is -0.362 e. The van der Waals surface area contributed by atoms with Crippen molar-refractivity contribution in [2.45, 2.75) is 25.9 Å². The van der Waals surface area contributed by atoms with E-state index in [-0.39, 0.29) is 16.6 Å². The molecule has 0 radical (unpaired) electrons. The van der Waals surface area contributed by atoms with Gasteiger partial charge in [0.15, 0.2) is 0 Å². The van der Waals surface area contributed by atoms with Crippen molar-refractivity contribution in [2.75, 3.05) is 38.1 Å². The molecule has 1 unspecified atom stereocenters. The third-order valence-electron chi connectivity index (χ3n) is 3.67. The maximum atomic E-state index is 12.2. The van der Waals surface area contributed by atoms with Crippen molar-refractivity contribution in [2.24, 2.45) is 5.73 Å². The van der Waals surface area contributed by atoms with E-state index in [0.29, 0.717) is 18.8 Å². The zero-order valence-electron chi connectivity index (χ0n) is 12.0. The molecule has 1 aliphatic rings. The summed E-state index contributed by atoms with van der Waals surface area (Å²) >= 11 is 6.26. The second kappa shape index (κ2) is 6.56. The van der Waals surface area contributed by atoms with Crippen LogP contribution in [0.4, 0.5) is 5.69 Å². The Morgan fingerprint density at radius 1 is 1.50 bits per heavy atom. The predicted octanol–water partition coefficient (Wildman–Crippen LogP) is 0.386. The minimum absolute atomic E-state index is 0.162. The van der Waals surface area contributed by atoms with Gasteiger partial charge in [-0.1, -0.05) is 18.5 Å². The van der Waals surface area contributed by atoms with Crippen LogP contribution in [0.3, 0.4) is 0 Å². The number of aromatic nitrogens is 2. The average Bonchev–Trinajstić information content (AvgIpc) is 2.45. The van der Waals surface area contributed by atoms with Crippen molar-refractivity contribution in [3.63, 3.8) is 0 Å². The van der Waals surface area contributed by atoms with E-state index < -0.39 is 0 Å². The Morgan fingerprint density at radius 2 is 2.25 bits per heavy atom. The minimum atomic E-state index is -0.222. The van der Waals surface area contributed by atoms with Gasteiger partial charge in [0.2, 0.25) is 0 Å². The summed E-state index contributed by atoms with van der Waals surface area (Å²) in [6.07, 6.45) is 2.54. The number of hydrogen-bond acceptors (Lipinski definition) is 5. The molecule has 2 rings (SSSR count). The molecule has 112 valence electrons. The standard InChI is InChI=1S/C13H22ClN5O/c1-3-4-19-13(20)12(14)11(8-16-19)18-6-5-17(2)9-10(18)7-15/h8,10H,3-7,9,15H2,1-2H3. The van der Waals surface area contributed by atoms with Gasteiger partial charge in [0.1, 0.15) is 5.02 Å². The average molecular weight is 300 g/mol. The molecular weight excluding hydrogens is 278 g/mol. The van der Waals surface area contributed by atoms with Crippen LogP contribution in [0.2, 0.25) is 5.02 Å². The van der Waals surface area contributed by atoms with E-state index >= 15 is 0 Å². The molecule has 2 N–H and O–H groups in total. The molecule has 1 fully saturated rings. The lowest BCUT2D eigenvalue weighted by Crippen LogP contribution is -2.55. The van der Waals surface area contributed by atoms with Crippen LogP contribution in [0.15, 0.2) is 11.0 Å². The van der Waals surface area contributed by atoms with E-state index in [2.05, 4.69) is 21.9 Å². The van der Waals surface area contributed by atoms with E-state index in [0.717, 1.165) is 26.1 Å². The molecular formula is C13H22ClN5O. The van der Waals surface area contributed by atoms with Crippen molar-refractivity contribution in [3.05, 3.63) is 21.6 Å². The maximum absolute atomic E-state index is 12.2. The molecule has 0 bridgehead atoms. The summed E-state index contributed by atoms with van der Waals surface area (Å²) in [6.45, 7) is 5.70. The summed E-state index contributed by atoms with van der Waals surface area (Å²) in [5.41, 5.74) is 6.32. The van der Waals surface area contributed by atoms with Crippen molar-refractivity contribution in [3.8, 4) is 0 Å². The van der Waals surface area contributed by atoms with Crippen LogP contribution in [0.1, 0.15) is 13.3 Å². The second-order valence-electron chi connectivity index (χ2n) is 5.22. The first-order valence-corrected chi connectivity index (χ1v) is 7.37. The van der Waals surface area contributed by atoms with Crippen LogP contribution in [0.25, 0.3) is 0 Å². The number of nitrogens with two attached hydrogens (primary N) is 1. The summed E-state index contributed by atoms with van der Waals surface area (Å²) < 4.78 is 1.42. The highest BCUT2D eigenvalue weighted by Crippen LogP contribution is 2.24. The number of likely N-dealkylation sites (N-methyl/N-ethyl adjacent to an activating group) is 1. The molecule has 6 nitrogen and oxygen atoms in total. The normalized spacial score (nSPS) is 20.4. The highest BCUT2D eigenvalue weighted by atomic mass is 35.5. The van der Waals surface area contributed by atoms with E-state index in [1.165, 1.54) is 4.68 Å². The van der Waals surface area contributed by atoms with Crippen LogP contribution >= 0.6 is 11.6 Å². The second-order valence-corrected chi connectivity index (χ2v) is 5.60. The summed E-state index contributed by atoms with van der Waals surface area (Å²) in [4.78, 5) is 16.5. The fourth-order valence-electron chi connectivity index (χ4n) is 2.56. The SMILES string of the molecule is CCCn1ncc(N2CCN(C)CC2CN)c(Cl)c1=O. The third-order valence-corrected chi connectivity index (χ3v) is 4.02. The molecule has 0 spiro atoms. The predicted molar refractivity (Wildman–Crippen MR) is 81.5 cm³/mol. The van der Waals surface area contributed by atoms with Crippen molar-refractivity contribution < 1.29 is 0 Å². The molecule has 0 amide bonds. The zero-order valence-corrected chi connectivity index (χ0v) is 12.8. The number of anilines is 1. The van der Waals surface area contributed by atoms with Gasteiger partial charge >= 0.3 is 0 Å². The van der Waals surface area contributed by atoms with Gasteiger partial charge in [0.05, 0.1) is 17.9 Å². The third kappa shape index (κ3) is 2.97. The Morgan fingerprint density at radius 3 is 2.90 bits per heavy atom. The molecule has 2 heterocycles. The van der Waals surface area contributed by atoms with Crippen LogP contribution in [0.5, 0.6) is 0 Å². The Labute approximate surface area is 124 Å². The van der Waals surface area contributed by atoms with Crippen LogP contribution < -0.4 is 16.2 Å². The molecule has 1 atom stereocenters. The lowest BCUT2D eigenvalue weighted by Gasteiger charge is -2.41. The lowest BCUT2D eigenvalue weighted by molar-refractivity contribution is 0.269. The highest BCUT2D eigenvalue weighted by Gasteiger charge is 2.27. The molecule has 20 heavy (non-hydrogen) atoms. The summed E-state index contributed by atoms with van der Waals surface area (Å²) in [5.74, 6) is 0. The lowest BCUT2D eigenvalue weighted by atomic mass is 10.1. The summed E-state index contributed by atoms with van der Waals surface area (Å²) in [6, 6.07) is 0.162. The van der Waals surface area contributed by atoms with E-state index in [9.17, 15) is 4.79 Å². The highest BCUT2D eigenvalue weighted by molar-refractivity contribution is 6.33. The van der Waals surface area contributed by atoms with E-state index in [1.807, 2.05) is 6.92 Å². The fourth-order valence-corrected chi connectivity index (χ4v) is 2.81. The first-order valence-electron chi connectivity index (χ1n) is 6.99. The van der Waals surface area contributed by atoms with Crippen molar-refractivity contribution in [1.29, 1.82) is 0 Å². The molecule has 1 saturated heterocycles. The largest absolute Gasteiger partial charge is 0.362 e. The fraction of sp³-hybridized carbons (Fsp3) is 0.692. The van der Waals surface area contributed by atoms with Crippen LogP contribution in [0, 0.1) is 0 Å². The summed E-state index contributed by atoms with van der Waals surface area (Å²) in [7, 11) is 2.07. The number of halogens is 1. The number of hydrogen-bond donors (Lipinski definition) is 1. The van der Waals surface area contributed by atoms with Gasteiger partial charge in [-0.15, -0.1) is 0 Å². The Kier molecular flexibility index (Phi) is 5.01. The number of rotatable bonds is 4. The van der Waals surface area contributed by atoms with Crippen molar-refractivity contribution >= 4 is 17.3 Å². The van der Waals surface area contributed by atoms with Gasteiger partial charge in [-0.25, -0.2) is 4.68 Å². The van der Waals surface area contributed by atoms with Gasteiger partial charge in [0, 0.05) is 32.7 Å². The van der Waals surface area contributed by atoms with E-state index in [1.54, 1.807) is 6.20 Å². The quantitative estimate of drug-likeness (QED) is 0.871. The van der Waals surface area contributed by atoms with Gasteiger partial charge in [-0.3, -0.25) is 4.79 Å². The molecule has 0 saturated carbocycles. The van der Waals surface area contributed by atoms with Crippen LogP contribution in [-0.2, 0) is 6.54 Å². The number of aryl methyl sites for hydroxylation is 1. The Bertz CT molecular complexity index is 518. The van der Waals surface area contributed by atoms with E-state index in [4.69, 9.17) is 17.3 Å². The van der Waals surface area contributed by atoms with Gasteiger partial charge in [-0.05, 0) is 13.5 Å². The molecule has 1 aliphatic heterocycles. The Balaban J connectivity index is 2.32. The molecule has 7 heteroatoms.